The van der Waals surface area contributed by atoms with Crippen LogP contribution in [0, 0.1) is 0 Å². The van der Waals surface area contributed by atoms with Crippen molar-refractivity contribution in [2.24, 2.45) is 0 Å². The van der Waals surface area contributed by atoms with Crippen molar-refractivity contribution in [3.05, 3.63) is 29.8 Å². The van der Waals surface area contributed by atoms with E-state index in [4.69, 9.17) is 4.74 Å². The van der Waals surface area contributed by atoms with Gasteiger partial charge in [-0.2, -0.15) is 0 Å². The third-order valence-corrected chi connectivity index (χ3v) is 5.75. The zero-order valence-corrected chi connectivity index (χ0v) is 17.4. The zero-order valence-electron chi connectivity index (χ0n) is 15.8. The number of benzene rings is 1. The fourth-order valence-electron chi connectivity index (χ4n) is 4.33. The Kier molecular flexibility index (Phi) is 8.67. The number of rotatable bonds is 6. The number of piperidine rings is 1. The molecule has 0 aliphatic carbocycles. The summed E-state index contributed by atoms with van der Waals surface area (Å²) in [7, 11) is 0. The summed E-state index contributed by atoms with van der Waals surface area (Å²) in [5.74, 6) is 1.02. The first-order valence-corrected chi connectivity index (χ1v) is 9.79. The molecule has 1 aromatic carbocycles. The Bertz CT molecular complexity index is 593. The number of fused-ring (bicyclic) bond motifs is 2. The molecule has 7 heteroatoms. The number of carbonyl (C=O) groups is 1. The van der Waals surface area contributed by atoms with Gasteiger partial charge in [-0.3, -0.25) is 4.79 Å². The summed E-state index contributed by atoms with van der Waals surface area (Å²) in [4.78, 5) is 17.2. The van der Waals surface area contributed by atoms with E-state index in [1.807, 2.05) is 29.2 Å². The summed E-state index contributed by atoms with van der Waals surface area (Å²) in [6.07, 6.45) is 6.22. The predicted molar refractivity (Wildman–Crippen MR) is 113 cm³/mol. The number of amides is 1. The predicted octanol–water partition coefficient (Wildman–Crippen LogP) is 2.97. The smallest absolute Gasteiger partial charge is 0.254 e. The molecule has 3 fully saturated rings. The summed E-state index contributed by atoms with van der Waals surface area (Å²) in [5, 5.41) is 3.44. The Morgan fingerprint density at radius 2 is 1.85 bits per heavy atom. The number of halogens is 2. The molecule has 152 valence electrons. The van der Waals surface area contributed by atoms with Crippen molar-refractivity contribution in [1.82, 2.24) is 15.1 Å². The van der Waals surface area contributed by atoms with Crippen LogP contribution >= 0.6 is 24.8 Å². The molecule has 0 aromatic heterocycles. The molecular formula is C20H31Cl2N3O2. The van der Waals surface area contributed by atoms with E-state index in [1.54, 1.807) is 0 Å². The van der Waals surface area contributed by atoms with E-state index in [0.717, 1.165) is 50.4 Å². The van der Waals surface area contributed by atoms with Crippen LogP contribution in [0.4, 0.5) is 0 Å². The lowest BCUT2D eigenvalue weighted by atomic mass is 10.1. The van der Waals surface area contributed by atoms with E-state index in [9.17, 15) is 4.79 Å². The van der Waals surface area contributed by atoms with E-state index in [2.05, 4.69) is 10.2 Å². The molecule has 3 saturated heterocycles. The molecular weight excluding hydrogens is 385 g/mol. The summed E-state index contributed by atoms with van der Waals surface area (Å²) in [6, 6.07) is 8.55. The molecule has 0 saturated carbocycles. The third kappa shape index (κ3) is 5.50. The van der Waals surface area contributed by atoms with E-state index < -0.39 is 0 Å². The molecule has 0 unspecified atom stereocenters. The number of hydrogen-bond acceptors (Lipinski definition) is 4. The van der Waals surface area contributed by atoms with Crippen molar-refractivity contribution in [2.45, 2.75) is 44.2 Å². The molecule has 27 heavy (non-hydrogen) atoms. The monoisotopic (exact) mass is 415 g/mol. The SMILES string of the molecule is Cl.Cl.O=C(c1ccc(OCCCN2CCCCC2)cc1)N1C[C@@H]2C[C@H]1CN2. The molecule has 2 atom stereocenters. The first kappa shape index (κ1) is 22.3. The lowest BCUT2D eigenvalue weighted by Gasteiger charge is -2.27. The Hall–Kier alpha value is -1.01. The molecule has 2 bridgehead atoms. The maximum Gasteiger partial charge on any atom is 0.254 e. The first-order chi connectivity index (χ1) is 12.3. The van der Waals surface area contributed by atoms with Gasteiger partial charge in [0, 0.05) is 37.3 Å². The molecule has 1 aromatic rings. The van der Waals surface area contributed by atoms with Crippen molar-refractivity contribution in [3.8, 4) is 5.75 Å². The Labute approximate surface area is 174 Å². The highest BCUT2D eigenvalue weighted by Crippen LogP contribution is 2.25. The van der Waals surface area contributed by atoms with Gasteiger partial charge >= 0.3 is 0 Å². The number of nitrogens with zero attached hydrogens (tertiary/aromatic N) is 2. The Balaban J connectivity index is 0.00000131. The minimum absolute atomic E-state index is 0. The summed E-state index contributed by atoms with van der Waals surface area (Å²) >= 11 is 0. The lowest BCUT2D eigenvalue weighted by Crippen LogP contribution is -2.46. The van der Waals surface area contributed by atoms with Crippen molar-refractivity contribution in [1.29, 1.82) is 0 Å². The average Bonchev–Trinajstić information content (AvgIpc) is 3.29. The van der Waals surface area contributed by atoms with Crippen LogP contribution in [0.5, 0.6) is 5.75 Å². The highest BCUT2D eigenvalue weighted by atomic mass is 35.5. The number of ether oxygens (including phenoxy) is 1. The number of nitrogens with one attached hydrogen (secondary N) is 1. The largest absolute Gasteiger partial charge is 0.494 e. The number of likely N-dealkylation sites (tertiary alicyclic amines) is 2. The van der Waals surface area contributed by atoms with Crippen LogP contribution < -0.4 is 10.1 Å². The van der Waals surface area contributed by atoms with Crippen LogP contribution in [0.3, 0.4) is 0 Å². The van der Waals surface area contributed by atoms with Gasteiger partial charge in [0.25, 0.3) is 5.91 Å². The molecule has 3 aliphatic heterocycles. The van der Waals surface area contributed by atoms with Gasteiger partial charge in [-0.25, -0.2) is 0 Å². The molecule has 3 heterocycles. The van der Waals surface area contributed by atoms with Crippen LogP contribution in [-0.4, -0.2) is 67.1 Å². The molecule has 1 N–H and O–H groups in total. The first-order valence-electron chi connectivity index (χ1n) is 9.79. The normalized spacial score (nSPS) is 24.2. The van der Waals surface area contributed by atoms with E-state index in [0.29, 0.717) is 12.1 Å². The van der Waals surface area contributed by atoms with Crippen molar-refractivity contribution >= 4 is 30.7 Å². The second-order valence-corrected chi connectivity index (χ2v) is 7.58. The molecule has 3 aliphatic rings. The third-order valence-electron chi connectivity index (χ3n) is 5.75. The fraction of sp³-hybridized carbons (Fsp3) is 0.650. The minimum Gasteiger partial charge on any atom is -0.494 e. The molecule has 4 rings (SSSR count). The topological polar surface area (TPSA) is 44.8 Å². The summed E-state index contributed by atoms with van der Waals surface area (Å²) < 4.78 is 5.85. The highest BCUT2D eigenvalue weighted by molar-refractivity contribution is 5.95. The quantitative estimate of drug-likeness (QED) is 0.725. The number of hydrogen-bond donors (Lipinski definition) is 1. The second-order valence-electron chi connectivity index (χ2n) is 7.58. The zero-order chi connectivity index (χ0) is 17.1. The van der Waals surface area contributed by atoms with Crippen LogP contribution in [0.15, 0.2) is 24.3 Å². The van der Waals surface area contributed by atoms with Gasteiger partial charge in [0.15, 0.2) is 0 Å². The Morgan fingerprint density at radius 3 is 2.48 bits per heavy atom. The van der Waals surface area contributed by atoms with E-state index in [-0.39, 0.29) is 30.7 Å². The highest BCUT2D eigenvalue weighted by Gasteiger charge is 2.40. The van der Waals surface area contributed by atoms with E-state index in [1.165, 1.54) is 32.4 Å². The number of carbonyl (C=O) groups excluding carboxylic acids is 1. The van der Waals surface area contributed by atoms with Crippen molar-refractivity contribution in [3.63, 3.8) is 0 Å². The van der Waals surface area contributed by atoms with Gasteiger partial charge in [0.05, 0.1) is 6.61 Å². The van der Waals surface area contributed by atoms with Crippen molar-refractivity contribution in [2.75, 3.05) is 39.3 Å². The van der Waals surface area contributed by atoms with Crippen LogP contribution in [0.1, 0.15) is 42.5 Å². The summed E-state index contributed by atoms with van der Waals surface area (Å²) in [6.45, 7) is 6.13. The van der Waals surface area contributed by atoms with Gasteiger partial charge in [-0.1, -0.05) is 6.42 Å². The molecule has 5 nitrogen and oxygen atoms in total. The van der Waals surface area contributed by atoms with Gasteiger partial charge in [-0.15, -0.1) is 24.8 Å². The molecule has 0 radical (unpaired) electrons. The van der Waals surface area contributed by atoms with Crippen LogP contribution in [0.2, 0.25) is 0 Å². The van der Waals surface area contributed by atoms with Gasteiger partial charge in [0.2, 0.25) is 0 Å². The molecule has 0 spiro atoms. The van der Waals surface area contributed by atoms with Crippen molar-refractivity contribution < 1.29 is 9.53 Å². The van der Waals surface area contributed by atoms with E-state index >= 15 is 0 Å². The summed E-state index contributed by atoms with van der Waals surface area (Å²) in [5.41, 5.74) is 0.771. The maximum absolute atomic E-state index is 12.6. The Morgan fingerprint density at radius 1 is 1.11 bits per heavy atom. The van der Waals surface area contributed by atoms with Crippen LogP contribution in [-0.2, 0) is 0 Å². The average molecular weight is 416 g/mol. The van der Waals surface area contributed by atoms with Gasteiger partial charge < -0.3 is 19.9 Å². The van der Waals surface area contributed by atoms with Crippen LogP contribution in [0.25, 0.3) is 0 Å². The lowest BCUT2D eigenvalue weighted by molar-refractivity contribution is 0.0716. The number of piperazine rings is 1. The van der Waals surface area contributed by atoms with Gasteiger partial charge in [-0.05, 0) is 63.0 Å². The molecule has 1 amide bonds. The standard InChI is InChI=1S/C20H29N3O2.2ClH/c24-20(23-15-17-13-18(23)14-21-17)16-5-7-19(8-6-16)25-12-4-11-22-9-2-1-3-10-22;;/h5-8,17-18,21H,1-4,9-15H2;2*1H/t17-,18-;;/m0../s1. The maximum atomic E-state index is 12.6. The second kappa shape index (κ2) is 10.5. The van der Waals surface area contributed by atoms with Gasteiger partial charge in [0.1, 0.15) is 5.75 Å². The fourth-order valence-corrected chi connectivity index (χ4v) is 4.33. The minimum atomic E-state index is 0.